The summed E-state index contributed by atoms with van der Waals surface area (Å²) in [6.07, 6.45) is 2.04. The van der Waals surface area contributed by atoms with Gasteiger partial charge in [-0.05, 0) is 19.3 Å². The van der Waals surface area contributed by atoms with Gasteiger partial charge in [0.05, 0.1) is 11.8 Å². The average molecular weight is 211 g/mol. The molecule has 1 aromatic heterocycles. The van der Waals surface area contributed by atoms with Crippen molar-refractivity contribution in [2.24, 2.45) is 18.7 Å². The summed E-state index contributed by atoms with van der Waals surface area (Å²) < 4.78 is 1.70. The highest BCUT2D eigenvalue weighted by atomic mass is 16.3. The molecule has 0 fully saturated rings. The van der Waals surface area contributed by atoms with E-state index in [1.165, 1.54) is 0 Å². The van der Waals surface area contributed by atoms with Gasteiger partial charge in [0.15, 0.2) is 0 Å². The van der Waals surface area contributed by atoms with Gasteiger partial charge in [0.2, 0.25) is 0 Å². The maximum atomic E-state index is 10.1. The van der Waals surface area contributed by atoms with Crippen molar-refractivity contribution in [2.75, 3.05) is 0 Å². The molecule has 1 heterocycles. The van der Waals surface area contributed by atoms with E-state index in [9.17, 15) is 5.11 Å². The molecule has 4 heteroatoms. The highest BCUT2D eigenvalue weighted by molar-refractivity contribution is 5.19. The summed E-state index contributed by atoms with van der Waals surface area (Å²) in [5.74, 6) is 0.492. The number of aliphatic hydroxyl groups is 1. The minimum atomic E-state index is -0.610. The van der Waals surface area contributed by atoms with E-state index in [0.29, 0.717) is 5.92 Å². The first-order valence-electron chi connectivity index (χ1n) is 5.35. The smallest absolute Gasteiger partial charge is 0.0973 e. The van der Waals surface area contributed by atoms with E-state index in [2.05, 4.69) is 18.9 Å². The Morgan fingerprint density at radius 2 is 2.13 bits per heavy atom. The van der Waals surface area contributed by atoms with Crippen LogP contribution in [0.5, 0.6) is 0 Å². The Morgan fingerprint density at radius 3 is 2.53 bits per heavy atom. The molecule has 15 heavy (non-hydrogen) atoms. The zero-order valence-electron chi connectivity index (χ0n) is 9.94. The Bertz CT molecular complexity index is 320. The lowest BCUT2D eigenvalue weighted by Crippen LogP contribution is -2.30. The monoisotopic (exact) mass is 211 g/mol. The van der Waals surface area contributed by atoms with Crippen molar-refractivity contribution in [3.8, 4) is 0 Å². The second-order valence-electron chi connectivity index (χ2n) is 4.58. The zero-order chi connectivity index (χ0) is 11.6. The van der Waals surface area contributed by atoms with Gasteiger partial charge in [-0.3, -0.25) is 4.68 Å². The molecule has 0 aliphatic carbocycles. The molecule has 3 N–H and O–H groups in total. The minimum Gasteiger partial charge on any atom is -0.387 e. The molecule has 0 saturated carbocycles. The van der Waals surface area contributed by atoms with Gasteiger partial charge in [-0.25, -0.2) is 0 Å². The summed E-state index contributed by atoms with van der Waals surface area (Å²) in [6, 6.07) is -0.215. The highest BCUT2D eigenvalue weighted by Gasteiger charge is 2.21. The highest BCUT2D eigenvalue weighted by Crippen LogP contribution is 2.22. The Morgan fingerprint density at radius 1 is 1.53 bits per heavy atom. The summed E-state index contributed by atoms with van der Waals surface area (Å²) in [6.45, 7) is 6.09. The molecular formula is C11H21N3O. The van der Waals surface area contributed by atoms with Crippen molar-refractivity contribution < 1.29 is 5.11 Å². The first kappa shape index (κ1) is 12.2. The number of aryl methyl sites for hydroxylation is 2. The molecule has 86 valence electrons. The van der Waals surface area contributed by atoms with Crippen LogP contribution in [-0.2, 0) is 7.05 Å². The summed E-state index contributed by atoms with van der Waals surface area (Å²) in [5, 5.41) is 14.2. The topological polar surface area (TPSA) is 64.1 Å². The Hall–Kier alpha value is -0.870. The van der Waals surface area contributed by atoms with Crippen LogP contribution in [0.4, 0.5) is 0 Å². The fraction of sp³-hybridized carbons (Fsp3) is 0.727. The van der Waals surface area contributed by atoms with Gasteiger partial charge in [0.25, 0.3) is 0 Å². The fourth-order valence-electron chi connectivity index (χ4n) is 1.81. The van der Waals surface area contributed by atoms with E-state index in [1.807, 2.05) is 20.2 Å². The van der Waals surface area contributed by atoms with Crippen LogP contribution < -0.4 is 5.73 Å². The number of rotatable bonds is 4. The van der Waals surface area contributed by atoms with Crippen LogP contribution in [0.1, 0.15) is 37.6 Å². The predicted molar refractivity (Wildman–Crippen MR) is 60.3 cm³/mol. The number of aromatic nitrogens is 2. The van der Waals surface area contributed by atoms with E-state index >= 15 is 0 Å². The number of nitrogens with zero attached hydrogens (tertiary/aromatic N) is 2. The van der Waals surface area contributed by atoms with Gasteiger partial charge < -0.3 is 10.8 Å². The zero-order valence-corrected chi connectivity index (χ0v) is 9.94. The third kappa shape index (κ3) is 3.04. The van der Waals surface area contributed by atoms with Crippen LogP contribution in [0, 0.1) is 12.8 Å². The van der Waals surface area contributed by atoms with E-state index in [-0.39, 0.29) is 6.04 Å². The normalized spacial score (nSPS) is 15.7. The van der Waals surface area contributed by atoms with Gasteiger partial charge in [0, 0.05) is 24.8 Å². The molecule has 4 nitrogen and oxygen atoms in total. The van der Waals surface area contributed by atoms with Crippen LogP contribution in [0.3, 0.4) is 0 Å². The molecule has 0 aromatic carbocycles. The van der Waals surface area contributed by atoms with Crippen molar-refractivity contribution in [3.05, 3.63) is 17.5 Å². The summed E-state index contributed by atoms with van der Waals surface area (Å²) in [7, 11) is 1.84. The first-order chi connectivity index (χ1) is 6.91. The van der Waals surface area contributed by atoms with E-state index in [4.69, 9.17) is 5.73 Å². The van der Waals surface area contributed by atoms with Gasteiger partial charge in [0.1, 0.15) is 0 Å². The number of hydrogen-bond donors (Lipinski definition) is 2. The van der Waals surface area contributed by atoms with Crippen LogP contribution >= 0.6 is 0 Å². The third-order valence-electron chi connectivity index (χ3n) is 2.52. The van der Waals surface area contributed by atoms with Crippen molar-refractivity contribution in [3.63, 3.8) is 0 Å². The van der Waals surface area contributed by atoms with E-state index < -0.39 is 6.10 Å². The predicted octanol–water partition coefficient (Wildman–Crippen LogP) is 1.14. The molecule has 2 unspecified atom stereocenters. The van der Waals surface area contributed by atoms with Crippen molar-refractivity contribution in [1.82, 2.24) is 9.78 Å². The van der Waals surface area contributed by atoms with Crippen LogP contribution in [0.2, 0.25) is 0 Å². The van der Waals surface area contributed by atoms with Crippen LogP contribution in [0.15, 0.2) is 6.20 Å². The standard InChI is InChI=1S/C11H21N3O/c1-7(2)5-10(12)11(15)9-6-14(4)13-8(9)3/h6-7,10-11,15H,5,12H2,1-4H3. The molecule has 1 aromatic rings. The molecule has 0 spiro atoms. The van der Waals surface area contributed by atoms with E-state index in [0.717, 1.165) is 17.7 Å². The Kier molecular flexibility index (Phi) is 3.88. The molecule has 0 amide bonds. The molecule has 0 saturated heterocycles. The Balaban J connectivity index is 2.75. The van der Waals surface area contributed by atoms with Gasteiger partial charge in [-0.2, -0.15) is 5.10 Å². The van der Waals surface area contributed by atoms with Crippen molar-refractivity contribution in [2.45, 2.75) is 39.3 Å². The molecule has 0 bridgehead atoms. The summed E-state index contributed by atoms with van der Waals surface area (Å²) in [4.78, 5) is 0. The average Bonchev–Trinajstić information content (AvgIpc) is 2.42. The SMILES string of the molecule is Cc1nn(C)cc1C(O)C(N)CC(C)C. The maximum Gasteiger partial charge on any atom is 0.0973 e. The Labute approximate surface area is 91.1 Å². The molecule has 0 aliphatic heterocycles. The molecular weight excluding hydrogens is 190 g/mol. The van der Waals surface area contributed by atoms with Gasteiger partial charge >= 0.3 is 0 Å². The first-order valence-corrected chi connectivity index (χ1v) is 5.35. The van der Waals surface area contributed by atoms with Gasteiger partial charge in [-0.15, -0.1) is 0 Å². The van der Waals surface area contributed by atoms with Crippen LogP contribution in [0.25, 0.3) is 0 Å². The number of aliphatic hydroxyl groups excluding tert-OH is 1. The third-order valence-corrected chi connectivity index (χ3v) is 2.52. The molecule has 0 radical (unpaired) electrons. The second kappa shape index (κ2) is 4.77. The summed E-state index contributed by atoms with van der Waals surface area (Å²) in [5.41, 5.74) is 7.63. The molecule has 0 aliphatic rings. The number of nitrogens with two attached hydrogens (primary N) is 1. The van der Waals surface area contributed by atoms with E-state index in [1.54, 1.807) is 4.68 Å². The number of hydrogen-bond acceptors (Lipinski definition) is 3. The maximum absolute atomic E-state index is 10.1. The van der Waals surface area contributed by atoms with Crippen molar-refractivity contribution >= 4 is 0 Å². The quantitative estimate of drug-likeness (QED) is 0.785. The van der Waals surface area contributed by atoms with Crippen molar-refractivity contribution in [1.29, 1.82) is 0 Å². The second-order valence-corrected chi connectivity index (χ2v) is 4.58. The molecule has 1 rings (SSSR count). The lowest BCUT2D eigenvalue weighted by molar-refractivity contribution is 0.135. The lowest BCUT2D eigenvalue weighted by Gasteiger charge is -2.20. The van der Waals surface area contributed by atoms with Gasteiger partial charge in [-0.1, -0.05) is 13.8 Å². The summed E-state index contributed by atoms with van der Waals surface area (Å²) >= 11 is 0. The fourth-order valence-corrected chi connectivity index (χ4v) is 1.81. The van der Waals surface area contributed by atoms with Crippen LogP contribution in [-0.4, -0.2) is 20.9 Å². The molecule has 2 atom stereocenters. The minimum absolute atomic E-state index is 0.215. The lowest BCUT2D eigenvalue weighted by atomic mass is 9.96. The largest absolute Gasteiger partial charge is 0.387 e.